The standard InChI is InChI=1S/C46H49N11O6/c47-41-39-40(30-8-11-34(12-9-30)63-33-6-2-1-3-7-33)51-57(42(39)49-28-48-41)32-5-4-18-55(27-32)46(62)54-19-16-29(17-20-54)26-52-21-23-53(24-22-52)31-10-13-35-36(25-31)45(61)56(44(35)60)37-14-15-38(58)50-43(37)59/h1-3,6-13,25,28-29,32,37H,4-5,14-24,26-27H2,(H2,47,48,49)(H,50,58,59). The highest BCUT2D eigenvalue weighted by Crippen LogP contribution is 2.36. The number of imide groups is 2. The Labute approximate surface area is 363 Å². The van der Waals surface area contributed by atoms with Crippen LogP contribution in [-0.2, 0) is 9.59 Å². The van der Waals surface area contributed by atoms with E-state index in [0.717, 1.165) is 80.3 Å². The molecule has 5 aromatic rings. The van der Waals surface area contributed by atoms with Crippen molar-refractivity contribution in [1.82, 2.24) is 44.7 Å². The number of nitrogens with zero attached hydrogens (tertiary/aromatic N) is 9. The van der Waals surface area contributed by atoms with Crippen LogP contribution in [0, 0.1) is 5.92 Å². The number of nitrogens with one attached hydrogen (secondary N) is 1. The van der Waals surface area contributed by atoms with Crippen LogP contribution in [0.5, 0.6) is 11.5 Å². The number of nitrogens with two attached hydrogens (primary N) is 1. The zero-order chi connectivity index (χ0) is 43.2. The van der Waals surface area contributed by atoms with E-state index in [1.165, 1.54) is 6.33 Å². The highest BCUT2D eigenvalue weighted by molar-refractivity contribution is 6.23. The molecule has 0 bridgehead atoms. The highest BCUT2D eigenvalue weighted by atomic mass is 16.5. The predicted octanol–water partition coefficient (Wildman–Crippen LogP) is 4.56. The van der Waals surface area contributed by atoms with Crippen molar-refractivity contribution in [3.63, 3.8) is 0 Å². The van der Waals surface area contributed by atoms with Gasteiger partial charge in [-0.25, -0.2) is 19.4 Å². The number of benzene rings is 3. The fraction of sp³-hybridized carbons (Fsp3) is 0.391. The summed E-state index contributed by atoms with van der Waals surface area (Å²) in [6, 6.07) is 21.7. The lowest BCUT2D eigenvalue weighted by atomic mass is 9.96. The maximum atomic E-state index is 14.0. The molecule has 63 heavy (non-hydrogen) atoms. The summed E-state index contributed by atoms with van der Waals surface area (Å²) in [4.78, 5) is 83.3. The number of urea groups is 1. The molecule has 7 heterocycles. The molecule has 2 atom stereocenters. The Morgan fingerprint density at radius 2 is 1.52 bits per heavy atom. The fourth-order valence-corrected chi connectivity index (χ4v) is 9.80. The van der Waals surface area contributed by atoms with E-state index in [0.29, 0.717) is 66.0 Å². The van der Waals surface area contributed by atoms with Gasteiger partial charge in [0.05, 0.1) is 22.6 Å². The summed E-state index contributed by atoms with van der Waals surface area (Å²) in [5.74, 6) is 0.295. The smallest absolute Gasteiger partial charge is 0.320 e. The number of aromatic nitrogens is 4. The number of piperazine rings is 1. The van der Waals surface area contributed by atoms with E-state index in [1.54, 1.807) is 12.1 Å². The molecule has 5 aliphatic heterocycles. The maximum absolute atomic E-state index is 14.0. The van der Waals surface area contributed by atoms with Crippen LogP contribution in [0.2, 0.25) is 0 Å². The first-order valence-corrected chi connectivity index (χ1v) is 21.9. The van der Waals surface area contributed by atoms with E-state index in [-0.39, 0.29) is 30.5 Å². The Morgan fingerprint density at radius 1 is 0.778 bits per heavy atom. The van der Waals surface area contributed by atoms with Gasteiger partial charge in [0.2, 0.25) is 11.8 Å². The third-order valence-corrected chi connectivity index (χ3v) is 13.2. The Kier molecular flexibility index (Phi) is 10.7. The number of hydrogen-bond acceptors (Lipinski definition) is 12. The third kappa shape index (κ3) is 7.81. The first kappa shape index (κ1) is 40.2. The number of para-hydroxylation sites is 1. The minimum absolute atomic E-state index is 0.0707. The zero-order valence-electron chi connectivity index (χ0n) is 34.9. The van der Waals surface area contributed by atoms with Crippen molar-refractivity contribution in [2.24, 2.45) is 5.92 Å². The summed E-state index contributed by atoms with van der Waals surface area (Å²) in [5, 5.41) is 8.02. The lowest BCUT2D eigenvalue weighted by molar-refractivity contribution is -0.136. The van der Waals surface area contributed by atoms with Crippen LogP contribution in [0.25, 0.3) is 22.3 Å². The first-order chi connectivity index (χ1) is 30.7. The number of fused-ring (bicyclic) bond motifs is 2. The van der Waals surface area contributed by atoms with Gasteiger partial charge < -0.3 is 25.2 Å². The first-order valence-electron chi connectivity index (χ1n) is 21.9. The number of nitrogen functional groups attached to an aromatic ring is 1. The Hall–Kier alpha value is -6.88. The number of amides is 6. The van der Waals surface area contributed by atoms with Crippen molar-refractivity contribution in [1.29, 1.82) is 0 Å². The number of rotatable bonds is 8. The van der Waals surface area contributed by atoms with Crippen LogP contribution in [0.15, 0.2) is 79.1 Å². The largest absolute Gasteiger partial charge is 0.457 e. The molecule has 0 spiro atoms. The third-order valence-electron chi connectivity index (χ3n) is 13.2. The van der Waals surface area contributed by atoms with Crippen LogP contribution in [0.1, 0.15) is 65.3 Å². The maximum Gasteiger partial charge on any atom is 0.320 e. The number of likely N-dealkylation sites (tertiary alicyclic amines) is 2. The molecule has 324 valence electrons. The molecule has 2 unspecified atom stereocenters. The number of piperidine rings is 3. The van der Waals surface area contributed by atoms with E-state index in [9.17, 15) is 24.0 Å². The molecule has 0 aliphatic carbocycles. The number of carbonyl (C=O) groups excluding carboxylic acids is 5. The van der Waals surface area contributed by atoms with Crippen molar-refractivity contribution >= 4 is 52.2 Å². The summed E-state index contributed by atoms with van der Waals surface area (Å²) in [5.41, 5.74) is 10.1. The van der Waals surface area contributed by atoms with Crippen molar-refractivity contribution < 1.29 is 28.7 Å². The highest BCUT2D eigenvalue weighted by Gasteiger charge is 2.45. The van der Waals surface area contributed by atoms with Crippen molar-refractivity contribution in [2.75, 3.05) is 69.5 Å². The van der Waals surface area contributed by atoms with Crippen LogP contribution in [0.4, 0.5) is 16.3 Å². The molecular formula is C46H49N11O6. The van der Waals surface area contributed by atoms with E-state index >= 15 is 0 Å². The number of carbonyl (C=O) groups is 5. The number of hydrogen-bond donors (Lipinski definition) is 2. The predicted molar refractivity (Wildman–Crippen MR) is 233 cm³/mol. The number of ether oxygens (including phenoxy) is 1. The second kappa shape index (κ2) is 16.8. The fourth-order valence-electron chi connectivity index (χ4n) is 9.80. The average molecular weight is 852 g/mol. The molecule has 4 saturated heterocycles. The van der Waals surface area contributed by atoms with Gasteiger partial charge in [-0.15, -0.1) is 0 Å². The molecule has 4 fully saturated rings. The van der Waals surface area contributed by atoms with E-state index in [2.05, 4.69) is 25.1 Å². The van der Waals surface area contributed by atoms with Gasteiger partial charge in [-0.05, 0) is 92.6 Å². The van der Waals surface area contributed by atoms with Gasteiger partial charge in [0.25, 0.3) is 11.8 Å². The second-order valence-corrected chi connectivity index (χ2v) is 17.1. The second-order valence-electron chi connectivity index (χ2n) is 17.1. The molecular weight excluding hydrogens is 803 g/mol. The van der Waals surface area contributed by atoms with Gasteiger partial charge >= 0.3 is 6.03 Å². The quantitative estimate of drug-likeness (QED) is 0.207. The Balaban J connectivity index is 0.724. The summed E-state index contributed by atoms with van der Waals surface area (Å²) < 4.78 is 7.94. The summed E-state index contributed by atoms with van der Waals surface area (Å²) >= 11 is 0. The average Bonchev–Trinajstić information content (AvgIpc) is 3.82. The Bertz CT molecular complexity index is 2580. The minimum atomic E-state index is -0.985. The van der Waals surface area contributed by atoms with Crippen molar-refractivity contribution in [3.05, 3.63) is 90.3 Å². The van der Waals surface area contributed by atoms with Crippen LogP contribution in [-0.4, -0.2) is 134 Å². The monoisotopic (exact) mass is 851 g/mol. The van der Waals surface area contributed by atoms with Crippen LogP contribution >= 0.6 is 0 Å². The molecule has 10 rings (SSSR count). The van der Waals surface area contributed by atoms with Gasteiger partial charge in [0.15, 0.2) is 5.65 Å². The van der Waals surface area contributed by atoms with E-state index < -0.39 is 29.7 Å². The van der Waals surface area contributed by atoms with Gasteiger partial charge in [0, 0.05) is 76.6 Å². The van der Waals surface area contributed by atoms with E-state index in [1.807, 2.05) is 75.1 Å². The molecule has 5 aliphatic rings. The summed E-state index contributed by atoms with van der Waals surface area (Å²) in [7, 11) is 0. The van der Waals surface area contributed by atoms with E-state index in [4.69, 9.17) is 15.6 Å². The minimum Gasteiger partial charge on any atom is -0.457 e. The van der Waals surface area contributed by atoms with Crippen molar-refractivity contribution in [3.8, 4) is 22.8 Å². The molecule has 0 radical (unpaired) electrons. The molecule has 17 heteroatoms. The summed E-state index contributed by atoms with van der Waals surface area (Å²) in [6.07, 6.45) is 5.26. The number of anilines is 2. The molecule has 3 N–H and O–H groups in total. The molecule has 17 nitrogen and oxygen atoms in total. The Morgan fingerprint density at radius 3 is 2.29 bits per heavy atom. The van der Waals surface area contributed by atoms with Gasteiger partial charge in [0.1, 0.15) is 35.4 Å². The molecule has 6 amide bonds. The van der Waals surface area contributed by atoms with Crippen LogP contribution in [0.3, 0.4) is 0 Å². The summed E-state index contributed by atoms with van der Waals surface area (Å²) in [6.45, 7) is 6.86. The molecule has 2 aromatic heterocycles. The molecule has 0 saturated carbocycles. The zero-order valence-corrected chi connectivity index (χ0v) is 34.9. The topological polar surface area (TPSA) is 192 Å². The van der Waals surface area contributed by atoms with Gasteiger partial charge in [-0.1, -0.05) is 18.2 Å². The molecule has 3 aromatic carbocycles. The lowest BCUT2D eigenvalue weighted by Gasteiger charge is -2.41. The van der Waals surface area contributed by atoms with Gasteiger partial charge in [-0.2, -0.15) is 5.10 Å². The van der Waals surface area contributed by atoms with Crippen LogP contribution < -0.4 is 20.7 Å². The SMILES string of the molecule is Nc1ncnc2c1c(-c1ccc(Oc3ccccc3)cc1)nn2C1CCCN(C(=O)N2CCC(CN3CCN(c4ccc5c(c4)C(=O)N(C4CCC(=O)NC4=O)C5=O)CC3)CC2)C1. The van der Waals surface area contributed by atoms with Gasteiger partial charge in [-0.3, -0.25) is 34.3 Å². The van der Waals surface area contributed by atoms with Crippen molar-refractivity contribution in [2.45, 2.75) is 50.6 Å². The lowest BCUT2D eigenvalue weighted by Crippen LogP contribution is -2.54. The normalized spacial score (nSPS) is 21.3.